The third-order valence-electron chi connectivity index (χ3n) is 4.25. The number of nitrogens with zero attached hydrogens (tertiary/aromatic N) is 2. The van der Waals surface area contributed by atoms with Gasteiger partial charge < -0.3 is 10.1 Å². The van der Waals surface area contributed by atoms with Gasteiger partial charge in [0.15, 0.2) is 0 Å². The topological polar surface area (TPSA) is 64.1 Å². The van der Waals surface area contributed by atoms with Gasteiger partial charge in [-0.1, -0.05) is 36.4 Å². The Morgan fingerprint density at radius 2 is 1.80 bits per heavy atom. The van der Waals surface area contributed by atoms with E-state index >= 15 is 0 Å². The molecule has 0 radical (unpaired) electrons. The second-order valence-electron chi connectivity index (χ2n) is 6.35. The molecule has 0 spiro atoms. The lowest BCUT2D eigenvalue weighted by Crippen LogP contribution is -2.17. The average molecular weight is 409 g/mol. The molecule has 150 valence electrons. The van der Waals surface area contributed by atoms with Crippen molar-refractivity contribution in [2.45, 2.75) is 6.36 Å². The summed E-state index contributed by atoms with van der Waals surface area (Å²) in [7, 11) is 0. The number of rotatable bonds is 4. The summed E-state index contributed by atoms with van der Waals surface area (Å²) in [6.07, 6.45) is -1.68. The molecule has 0 aliphatic carbocycles. The van der Waals surface area contributed by atoms with E-state index in [9.17, 15) is 18.0 Å². The summed E-state index contributed by atoms with van der Waals surface area (Å²) in [6, 6.07) is 17.6. The zero-order valence-electron chi connectivity index (χ0n) is 15.4. The zero-order valence-corrected chi connectivity index (χ0v) is 15.4. The molecule has 8 heteroatoms. The molecule has 2 aromatic carbocycles. The highest BCUT2D eigenvalue weighted by atomic mass is 19.4. The van der Waals surface area contributed by atoms with Crippen LogP contribution in [-0.4, -0.2) is 22.2 Å². The molecule has 0 unspecified atom stereocenters. The largest absolute Gasteiger partial charge is 0.573 e. The van der Waals surface area contributed by atoms with E-state index in [0.29, 0.717) is 22.3 Å². The van der Waals surface area contributed by atoms with E-state index < -0.39 is 12.3 Å². The molecule has 0 saturated heterocycles. The van der Waals surface area contributed by atoms with Crippen LogP contribution in [0.15, 0.2) is 79.1 Å². The van der Waals surface area contributed by atoms with Crippen molar-refractivity contribution in [3.05, 3.63) is 84.8 Å². The lowest BCUT2D eigenvalue weighted by atomic mass is 10.0. The number of alkyl halides is 3. The number of anilines is 1. The quantitative estimate of drug-likeness (QED) is 0.487. The van der Waals surface area contributed by atoms with Gasteiger partial charge in [-0.05, 0) is 35.9 Å². The van der Waals surface area contributed by atoms with E-state index in [4.69, 9.17) is 0 Å². The molecular formula is C22H14F3N3O2. The number of carbonyl (C=O) groups is 1. The normalized spacial score (nSPS) is 11.3. The Morgan fingerprint density at radius 1 is 0.967 bits per heavy atom. The van der Waals surface area contributed by atoms with E-state index in [1.165, 1.54) is 24.4 Å². The number of pyridine rings is 2. The lowest BCUT2D eigenvalue weighted by Gasteiger charge is -2.12. The first-order valence-electron chi connectivity index (χ1n) is 8.86. The predicted octanol–water partition coefficient (Wildman–Crippen LogP) is 5.45. The third kappa shape index (κ3) is 4.38. The van der Waals surface area contributed by atoms with Crippen molar-refractivity contribution in [2.24, 2.45) is 0 Å². The molecule has 30 heavy (non-hydrogen) atoms. The number of hydrogen-bond acceptors (Lipinski definition) is 4. The Hall–Kier alpha value is -3.94. The Kier molecular flexibility index (Phi) is 5.05. The second-order valence-corrected chi connectivity index (χ2v) is 6.35. The Morgan fingerprint density at radius 3 is 2.57 bits per heavy atom. The van der Waals surface area contributed by atoms with E-state index in [-0.39, 0.29) is 11.4 Å². The molecule has 1 amide bonds. The summed E-state index contributed by atoms with van der Waals surface area (Å²) in [5.41, 5.74) is 2.24. The molecule has 2 heterocycles. The average Bonchev–Trinajstić information content (AvgIpc) is 2.72. The van der Waals surface area contributed by atoms with Gasteiger partial charge in [0.25, 0.3) is 5.91 Å². The highest BCUT2D eigenvalue weighted by Gasteiger charge is 2.31. The van der Waals surface area contributed by atoms with Crippen molar-refractivity contribution in [3.63, 3.8) is 0 Å². The number of benzene rings is 2. The summed E-state index contributed by atoms with van der Waals surface area (Å²) < 4.78 is 41.7. The third-order valence-corrected chi connectivity index (χ3v) is 4.25. The first-order chi connectivity index (χ1) is 14.4. The van der Waals surface area contributed by atoms with Gasteiger partial charge in [0.1, 0.15) is 11.4 Å². The van der Waals surface area contributed by atoms with Crippen LogP contribution < -0.4 is 10.1 Å². The van der Waals surface area contributed by atoms with Crippen LogP contribution >= 0.6 is 0 Å². The monoisotopic (exact) mass is 409 g/mol. The number of nitrogens with one attached hydrogen (secondary N) is 1. The molecule has 1 N–H and O–H groups in total. The van der Waals surface area contributed by atoms with E-state index in [2.05, 4.69) is 20.0 Å². The van der Waals surface area contributed by atoms with Crippen LogP contribution in [0.25, 0.3) is 22.0 Å². The number of ether oxygens (including phenoxy) is 1. The molecule has 4 rings (SSSR count). The van der Waals surface area contributed by atoms with Gasteiger partial charge in [0.05, 0.1) is 17.4 Å². The standard InChI is InChI=1S/C22H14F3N3O2/c23-22(24,25)30-17-7-1-5-15(12-17)18-8-2-4-14-9-10-19(28-20(14)18)21(29)27-16-6-3-11-26-13-16/h1-13H,(H,27,29). The van der Waals surface area contributed by atoms with Crippen molar-refractivity contribution in [2.75, 3.05) is 5.32 Å². The van der Waals surface area contributed by atoms with Gasteiger partial charge in [-0.3, -0.25) is 9.78 Å². The minimum absolute atomic E-state index is 0.168. The summed E-state index contributed by atoms with van der Waals surface area (Å²) in [4.78, 5) is 21.0. The molecule has 0 bridgehead atoms. The fourth-order valence-corrected chi connectivity index (χ4v) is 3.00. The highest BCUT2D eigenvalue weighted by Crippen LogP contribution is 2.31. The SMILES string of the molecule is O=C(Nc1cccnc1)c1ccc2cccc(-c3cccc(OC(F)(F)F)c3)c2n1. The number of hydrogen-bond donors (Lipinski definition) is 1. The van der Waals surface area contributed by atoms with Crippen LogP contribution in [0.4, 0.5) is 18.9 Å². The molecule has 2 aromatic heterocycles. The van der Waals surface area contributed by atoms with E-state index in [1.54, 1.807) is 48.7 Å². The second kappa shape index (κ2) is 7.82. The van der Waals surface area contributed by atoms with E-state index in [0.717, 1.165) is 5.39 Å². The Balaban J connectivity index is 1.72. The molecule has 0 aliphatic heterocycles. The van der Waals surface area contributed by atoms with Gasteiger partial charge in [-0.25, -0.2) is 4.98 Å². The summed E-state index contributed by atoms with van der Waals surface area (Å²) in [5.74, 6) is -0.753. The maximum absolute atomic E-state index is 12.6. The van der Waals surface area contributed by atoms with Gasteiger partial charge in [-0.2, -0.15) is 0 Å². The maximum atomic E-state index is 12.6. The minimum Gasteiger partial charge on any atom is -0.406 e. The van der Waals surface area contributed by atoms with Crippen LogP contribution in [0.2, 0.25) is 0 Å². The van der Waals surface area contributed by atoms with Crippen molar-refractivity contribution in [1.29, 1.82) is 0 Å². The Labute approximate surface area is 169 Å². The van der Waals surface area contributed by atoms with Gasteiger partial charge in [-0.15, -0.1) is 13.2 Å². The van der Waals surface area contributed by atoms with Crippen LogP contribution in [0, 0.1) is 0 Å². The molecule has 0 aliphatic rings. The van der Waals surface area contributed by atoms with Crippen molar-refractivity contribution in [3.8, 4) is 16.9 Å². The summed E-state index contributed by atoms with van der Waals surface area (Å²) in [6.45, 7) is 0. The minimum atomic E-state index is -4.78. The van der Waals surface area contributed by atoms with Crippen molar-refractivity contribution in [1.82, 2.24) is 9.97 Å². The number of amides is 1. The molecule has 0 saturated carbocycles. The van der Waals surface area contributed by atoms with Crippen LogP contribution in [0.3, 0.4) is 0 Å². The van der Waals surface area contributed by atoms with Gasteiger partial charge in [0, 0.05) is 17.1 Å². The smallest absolute Gasteiger partial charge is 0.406 e. The molecule has 4 aromatic rings. The van der Waals surface area contributed by atoms with Crippen LogP contribution in [-0.2, 0) is 0 Å². The molecule has 0 fully saturated rings. The number of para-hydroxylation sites is 1. The maximum Gasteiger partial charge on any atom is 0.573 e. The Bertz CT molecular complexity index is 1210. The number of aromatic nitrogens is 2. The number of fused-ring (bicyclic) bond motifs is 1. The fraction of sp³-hybridized carbons (Fsp3) is 0.0455. The summed E-state index contributed by atoms with van der Waals surface area (Å²) in [5, 5.41) is 3.45. The van der Waals surface area contributed by atoms with Crippen molar-refractivity contribution < 1.29 is 22.7 Å². The highest BCUT2D eigenvalue weighted by molar-refractivity contribution is 6.05. The predicted molar refractivity (Wildman–Crippen MR) is 106 cm³/mol. The van der Waals surface area contributed by atoms with Crippen LogP contribution in [0.1, 0.15) is 10.5 Å². The number of carbonyl (C=O) groups excluding carboxylic acids is 1. The van der Waals surface area contributed by atoms with Crippen LogP contribution in [0.5, 0.6) is 5.75 Å². The van der Waals surface area contributed by atoms with Gasteiger partial charge >= 0.3 is 6.36 Å². The molecule has 0 atom stereocenters. The fourth-order valence-electron chi connectivity index (χ4n) is 3.00. The first-order valence-corrected chi connectivity index (χ1v) is 8.86. The first kappa shape index (κ1) is 19.4. The molecular weight excluding hydrogens is 395 g/mol. The number of halogens is 3. The van der Waals surface area contributed by atoms with E-state index in [1.807, 2.05) is 6.07 Å². The zero-order chi connectivity index (χ0) is 21.1. The molecule has 5 nitrogen and oxygen atoms in total. The summed E-state index contributed by atoms with van der Waals surface area (Å²) >= 11 is 0. The van der Waals surface area contributed by atoms with Crippen molar-refractivity contribution >= 4 is 22.5 Å². The van der Waals surface area contributed by atoms with Gasteiger partial charge in [0.2, 0.25) is 0 Å². The lowest BCUT2D eigenvalue weighted by molar-refractivity contribution is -0.274.